The van der Waals surface area contributed by atoms with Crippen molar-refractivity contribution in [2.24, 2.45) is 0 Å². The number of halogens is 2. The van der Waals surface area contributed by atoms with E-state index in [2.05, 4.69) is 4.90 Å². The van der Waals surface area contributed by atoms with Crippen LogP contribution in [0.1, 0.15) is 31.2 Å². The van der Waals surface area contributed by atoms with Crippen molar-refractivity contribution in [3.05, 3.63) is 34.6 Å². The fourth-order valence-electron chi connectivity index (χ4n) is 2.68. The van der Waals surface area contributed by atoms with E-state index in [1.54, 1.807) is 12.1 Å². The van der Waals surface area contributed by atoms with Gasteiger partial charge < -0.3 is 5.11 Å². The first-order chi connectivity index (χ1) is 8.72. The Balaban J connectivity index is 2.12. The zero-order valence-corrected chi connectivity index (χ0v) is 11.2. The fraction of sp³-hybridized carbons (Fsp3) is 0.571. The average Bonchev–Trinajstić information content (AvgIpc) is 2.86. The van der Waals surface area contributed by atoms with Crippen LogP contribution in [0, 0.1) is 5.82 Å². The van der Waals surface area contributed by atoms with Gasteiger partial charge in [-0.15, -0.1) is 0 Å². The van der Waals surface area contributed by atoms with E-state index < -0.39 is 0 Å². The largest absolute Gasteiger partial charge is 0.395 e. The molecule has 1 fully saturated rings. The molecule has 4 heteroatoms. The fourth-order valence-corrected chi connectivity index (χ4v) is 2.90. The summed E-state index contributed by atoms with van der Waals surface area (Å²) >= 11 is 6.05. The predicted molar refractivity (Wildman–Crippen MR) is 71.2 cm³/mol. The standard InChI is InChI=1S/C14H19ClFNO/c15-13-6-3-7-14(16)12(13)10-17(8-9-18)11-4-1-2-5-11/h3,6-7,11,18H,1-2,4-5,8-10H2. The van der Waals surface area contributed by atoms with Crippen LogP contribution in [-0.4, -0.2) is 29.2 Å². The normalized spacial score (nSPS) is 16.7. The molecule has 0 spiro atoms. The number of hydrogen-bond acceptors (Lipinski definition) is 2. The van der Waals surface area contributed by atoms with Gasteiger partial charge >= 0.3 is 0 Å². The highest BCUT2D eigenvalue weighted by atomic mass is 35.5. The van der Waals surface area contributed by atoms with Gasteiger partial charge in [0, 0.05) is 29.7 Å². The zero-order chi connectivity index (χ0) is 13.0. The molecule has 1 N–H and O–H groups in total. The Morgan fingerprint density at radius 1 is 1.33 bits per heavy atom. The van der Waals surface area contributed by atoms with Crippen molar-refractivity contribution >= 4 is 11.6 Å². The molecule has 0 atom stereocenters. The summed E-state index contributed by atoms with van der Waals surface area (Å²) in [5.74, 6) is -0.261. The molecule has 1 aliphatic rings. The highest BCUT2D eigenvalue weighted by molar-refractivity contribution is 6.31. The lowest BCUT2D eigenvalue weighted by Crippen LogP contribution is -2.35. The van der Waals surface area contributed by atoms with Gasteiger partial charge in [-0.3, -0.25) is 4.90 Å². The van der Waals surface area contributed by atoms with Crippen molar-refractivity contribution in [3.8, 4) is 0 Å². The molecule has 100 valence electrons. The molecule has 0 unspecified atom stereocenters. The van der Waals surface area contributed by atoms with Crippen molar-refractivity contribution in [1.29, 1.82) is 0 Å². The van der Waals surface area contributed by atoms with Crippen LogP contribution >= 0.6 is 11.6 Å². The number of hydrogen-bond donors (Lipinski definition) is 1. The molecule has 1 aromatic carbocycles. The van der Waals surface area contributed by atoms with Crippen LogP contribution < -0.4 is 0 Å². The van der Waals surface area contributed by atoms with Gasteiger partial charge in [-0.1, -0.05) is 30.5 Å². The monoisotopic (exact) mass is 271 g/mol. The van der Waals surface area contributed by atoms with Gasteiger partial charge in [0.25, 0.3) is 0 Å². The first-order valence-corrected chi connectivity index (χ1v) is 6.88. The van der Waals surface area contributed by atoms with Gasteiger partial charge in [0.2, 0.25) is 0 Å². The lowest BCUT2D eigenvalue weighted by Gasteiger charge is -2.28. The summed E-state index contributed by atoms with van der Waals surface area (Å²) in [6, 6.07) is 5.22. The first kappa shape index (κ1) is 13.8. The van der Waals surface area contributed by atoms with Crippen molar-refractivity contribution in [2.45, 2.75) is 38.3 Å². The van der Waals surface area contributed by atoms with E-state index in [4.69, 9.17) is 16.7 Å². The molecule has 2 rings (SSSR count). The van der Waals surface area contributed by atoms with Gasteiger partial charge in [0.05, 0.1) is 6.61 Å². The maximum Gasteiger partial charge on any atom is 0.129 e. The Morgan fingerprint density at radius 2 is 2.06 bits per heavy atom. The number of aliphatic hydroxyl groups excluding tert-OH is 1. The summed E-state index contributed by atoms with van der Waals surface area (Å²) in [4.78, 5) is 2.15. The van der Waals surface area contributed by atoms with Crippen LogP contribution in [-0.2, 0) is 6.54 Å². The second-order valence-electron chi connectivity index (χ2n) is 4.83. The van der Waals surface area contributed by atoms with Gasteiger partial charge in [0.15, 0.2) is 0 Å². The van der Waals surface area contributed by atoms with Crippen LogP contribution in [0.25, 0.3) is 0 Å². The van der Waals surface area contributed by atoms with Crippen LogP contribution in [0.3, 0.4) is 0 Å². The third-order valence-corrected chi connectivity index (χ3v) is 4.01. The van der Waals surface area contributed by atoms with E-state index in [1.807, 2.05) is 0 Å². The van der Waals surface area contributed by atoms with E-state index in [0.29, 0.717) is 29.7 Å². The van der Waals surface area contributed by atoms with E-state index in [9.17, 15) is 4.39 Å². The number of nitrogens with zero attached hydrogens (tertiary/aromatic N) is 1. The molecule has 0 aliphatic heterocycles. The lowest BCUT2D eigenvalue weighted by atomic mass is 10.1. The maximum absolute atomic E-state index is 13.8. The summed E-state index contributed by atoms with van der Waals surface area (Å²) in [7, 11) is 0. The topological polar surface area (TPSA) is 23.5 Å². The summed E-state index contributed by atoms with van der Waals surface area (Å²) in [5, 5.41) is 9.61. The SMILES string of the molecule is OCCN(Cc1c(F)cccc1Cl)C1CCCC1. The Labute approximate surface area is 112 Å². The third-order valence-electron chi connectivity index (χ3n) is 3.65. The highest BCUT2D eigenvalue weighted by Gasteiger charge is 2.23. The second kappa shape index (κ2) is 6.50. The van der Waals surface area contributed by atoms with Crippen LogP contribution in [0.2, 0.25) is 5.02 Å². The Bertz CT molecular complexity index is 373. The Hall–Kier alpha value is -0.640. The Kier molecular flexibility index (Phi) is 4.98. The van der Waals surface area contributed by atoms with Crippen molar-refractivity contribution < 1.29 is 9.50 Å². The number of aliphatic hydroxyl groups is 1. The van der Waals surface area contributed by atoms with E-state index in [0.717, 1.165) is 12.8 Å². The van der Waals surface area contributed by atoms with Crippen molar-refractivity contribution in [1.82, 2.24) is 4.90 Å². The molecule has 0 bridgehead atoms. The molecular weight excluding hydrogens is 253 g/mol. The van der Waals surface area contributed by atoms with Gasteiger partial charge in [-0.2, -0.15) is 0 Å². The molecule has 1 aliphatic carbocycles. The molecule has 1 aromatic rings. The molecule has 0 radical (unpaired) electrons. The summed E-state index contributed by atoms with van der Waals surface area (Å²) in [6.07, 6.45) is 4.70. The molecule has 2 nitrogen and oxygen atoms in total. The molecule has 0 saturated heterocycles. The quantitative estimate of drug-likeness (QED) is 0.889. The minimum absolute atomic E-state index is 0.0998. The van der Waals surface area contributed by atoms with Crippen LogP contribution in [0.15, 0.2) is 18.2 Å². The van der Waals surface area contributed by atoms with Crippen LogP contribution in [0.5, 0.6) is 0 Å². The van der Waals surface area contributed by atoms with Crippen LogP contribution in [0.4, 0.5) is 4.39 Å². The second-order valence-corrected chi connectivity index (χ2v) is 5.24. The molecule has 0 amide bonds. The highest BCUT2D eigenvalue weighted by Crippen LogP contribution is 2.27. The minimum atomic E-state index is -0.261. The molecule has 1 saturated carbocycles. The summed E-state index contributed by atoms with van der Waals surface area (Å²) in [5.41, 5.74) is 0.541. The molecular formula is C14H19ClFNO. The van der Waals surface area contributed by atoms with Gasteiger partial charge in [-0.05, 0) is 25.0 Å². The summed E-state index contributed by atoms with van der Waals surface area (Å²) in [6.45, 7) is 1.16. The molecule has 18 heavy (non-hydrogen) atoms. The van der Waals surface area contributed by atoms with Crippen molar-refractivity contribution in [3.63, 3.8) is 0 Å². The van der Waals surface area contributed by atoms with E-state index >= 15 is 0 Å². The van der Waals surface area contributed by atoms with E-state index in [-0.39, 0.29) is 12.4 Å². The molecule has 0 heterocycles. The van der Waals surface area contributed by atoms with E-state index in [1.165, 1.54) is 18.9 Å². The third kappa shape index (κ3) is 3.22. The van der Waals surface area contributed by atoms with Crippen molar-refractivity contribution in [2.75, 3.05) is 13.2 Å². The Morgan fingerprint density at radius 3 is 2.67 bits per heavy atom. The zero-order valence-electron chi connectivity index (χ0n) is 10.4. The predicted octanol–water partition coefficient (Wildman–Crippen LogP) is 3.22. The molecule has 0 aromatic heterocycles. The van der Waals surface area contributed by atoms with Gasteiger partial charge in [-0.25, -0.2) is 4.39 Å². The summed E-state index contributed by atoms with van der Waals surface area (Å²) < 4.78 is 13.8. The minimum Gasteiger partial charge on any atom is -0.395 e. The van der Waals surface area contributed by atoms with Gasteiger partial charge in [0.1, 0.15) is 5.82 Å². The maximum atomic E-state index is 13.8. The number of benzene rings is 1. The number of rotatable bonds is 5. The smallest absolute Gasteiger partial charge is 0.129 e. The lowest BCUT2D eigenvalue weighted by molar-refractivity contribution is 0.143. The average molecular weight is 272 g/mol. The first-order valence-electron chi connectivity index (χ1n) is 6.50.